The molecule has 21 heavy (non-hydrogen) atoms. The van der Waals surface area contributed by atoms with Crippen molar-refractivity contribution in [3.63, 3.8) is 0 Å². The maximum atomic E-state index is 11.7. The minimum atomic E-state index is -0.568. The first-order valence-electron chi connectivity index (χ1n) is 6.21. The van der Waals surface area contributed by atoms with E-state index in [-0.39, 0.29) is 18.8 Å². The number of rotatable bonds is 6. The van der Waals surface area contributed by atoms with Crippen molar-refractivity contribution < 1.29 is 19.1 Å². The van der Waals surface area contributed by atoms with Gasteiger partial charge < -0.3 is 9.47 Å². The van der Waals surface area contributed by atoms with Crippen LogP contribution in [0.2, 0.25) is 0 Å². The van der Waals surface area contributed by atoms with Gasteiger partial charge in [0.25, 0.3) is 0 Å². The summed E-state index contributed by atoms with van der Waals surface area (Å²) in [5.41, 5.74) is 0.488. The quantitative estimate of drug-likeness (QED) is 0.711. The molecule has 10 heteroatoms. The van der Waals surface area contributed by atoms with Crippen LogP contribution in [0, 0.1) is 0 Å². The van der Waals surface area contributed by atoms with Crippen molar-refractivity contribution in [2.24, 2.45) is 0 Å². The second kappa shape index (κ2) is 6.88. The number of hydrogen-bond donors (Lipinski definition) is 0. The SMILES string of the molecule is CCOC(=O)Cn1cc(-c2snnc2C(=O)OCC)nn1. The van der Waals surface area contributed by atoms with Crippen LogP contribution in [0.4, 0.5) is 0 Å². The van der Waals surface area contributed by atoms with E-state index in [1.165, 1.54) is 10.9 Å². The van der Waals surface area contributed by atoms with Crippen LogP contribution in [0.15, 0.2) is 6.20 Å². The molecule has 0 bridgehead atoms. The number of aromatic nitrogens is 5. The van der Waals surface area contributed by atoms with E-state index in [0.29, 0.717) is 17.2 Å². The van der Waals surface area contributed by atoms with E-state index < -0.39 is 11.9 Å². The van der Waals surface area contributed by atoms with E-state index in [1.807, 2.05) is 0 Å². The van der Waals surface area contributed by atoms with Crippen molar-refractivity contribution in [2.75, 3.05) is 13.2 Å². The van der Waals surface area contributed by atoms with Crippen LogP contribution in [0.3, 0.4) is 0 Å². The Morgan fingerprint density at radius 3 is 2.71 bits per heavy atom. The lowest BCUT2D eigenvalue weighted by Crippen LogP contribution is -2.13. The summed E-state index contributed by atoms with van der Waals surface area (Å²) in [6.45, 7) is 3.91. The fourth-order valence-electron chi connectivity index (χ4n) is 1.51. The number of carbonyl (C=O) groups excluding carboxylic acids is 2. The van der Waals surface area contributed by atoms with Gasteiger partial charge in [-0.1, -0.05) is 9.70 Å². The van der Waals surface area contributed by atoms with Gasteiger partial charge in [0.15, 0.2) is 5.69 Å². The molecule has 0 saturated carbocycles. The Kier molecular flexibility index (Phi) is 4.93. The second-order valence-corrected chi connectivity index (χ2v) is 4.53. The summed E-state index contributed by atoms with van der Waals surface area (Å²) in [5.74, 6) is -0.983. The van der Waals surface area contributed by atoms with Crippen LogP contribution < -0.4 is 0 Å². The van der Waals surface area contributed by atoms with Gasteiger partial charge in [-0.2, -0.15) is 0 Å². The van der Waals surface area contributed by atoms with E-state index >= 15 is 0 Å². The molecule has 2 heterocycles. The van der Waals surface area contributed by atoms with Gasteiger partial charge in [0.2, 0.25) is 0 Å². The molecular weight excluding hydrogens is 298 g/mol. The molecule has 2 aromatic rings. The van der Waals surface area contributed by atoms with Crippen LogP contribution in [0.1, 0.15) is 24.3 Å². The Balaban J connectivity index is 2.17. The fraction of sp³-hybridized carbons (Fsp3) is 0.455. The van der Waals surface area contributed by atoms with E-state index in [4.69, 9.17) is 9.47 Å². The summed E-state index contributed by atoms with van der Waals surface area (Å²) in [5, 5.41) is 11.4. The van der Waals surface area contributed by atoms with Crippen LogP contribution in [0.25, 0.3) is 10.6 Å². The smallest absolute Gasteiger partial charge is 0.360 e. The molecule has 0 spiro atoms. The molecular formula is C11H13N5O4S. The molecule has 0 saturated heterocycles. The summed E-state index contributed by atoms with van der Waals surface area (Å²) < 4.78 is 14.7. The standard InChI is InChI=1S/C11H13N5O4S/c1-3-19-8(17)6-16-5-7(12-14-16)10-9(13-15-21-10)11(18)20-4-2/h5H,3-4,6H2,1-2H3. The minimum Gasteiger partial charge on any atom is -0.465 e. The Hall–Kier alpha value is -2.36. The Morgan fingerprint density at radius 2 is 2.00 bits per heavy atom. The third kappa shape index (κ3) is 3.60. The van der Waals surface area contributed by atoms with Gasteiger partial charge in [-0.3, -0.25) is 4.79 Å². The molecule has 0 N–H and O–H groups in total. The van der Waals surface area contributed by atoms with Gasteiger partial charge in [-0.05, 0) is 25.4 Å². The van der Waals surface area contributed by atoms with Crippen LogP contribution >= 0.6 is 11.5 Å². The average molecular weight is 311 g/mol. The van der Waals surface area contributed by atoms with Gasteiger partial charge >= 0.3 is 11.9 Å². The number of carbonyl (C=O) groups is 2. The molecule has 0 amide bonds. The zero-order chi connectivity index (χ0) is 15.2. The molecule has 0 unspecified atom stereocenters. The third-order valence-electron chi connectivity index (χ3n) is 2.32. The maximum absolute atomic E-state index is 11.7. The fourth-order valence-corrected chi connectivity index (χ4v) is 2.11. The zero-order valence-corrected chi connectivity index (χ0v) is 12.3. The van der Waals surface area contributed by atoms with Gasteiger partial charge in [-0.15, -0.1) is 10.2 Å². The highest BCUT2D eigenvalue weighted by Gasteiger charge is 2.21. The van der Waals surface area contributed by atoms with Crippen molar-refractivity contribution in [3.8, 4) is 10.6 Å². The van der Waals surface area contributed by atoms with E-state index in [2.05, 4.69) is 19.9 Å². The lowest BCUT2D eigenvalue weighted by Gasteiger charge is -2.00. The molecule has 0 radical (unpaired) electrons. The van der Waals surface area contributed by atoms with Gasteiger partial charge in [0.05, 0.1) is 19.4 Å². The number of nitrogens with zero attached hydrogens (tertiary/aromatic N) is 5. The molecule has 0 aliphatic heterocycles. The van der Waals surface area contributed by atoms with Gasteiger partial charge in [0.1, 0.15) is 17.1 Å². The summed E-state index contributed by atoms with van der Waals surface area (Å²) in [6.07, 6.45) is 1.52. The van der Waals surface area contributed by atoms with Crippen LogP contribution in [-0.2, 0) is 20.8 Å². The summed E-state index contributed by atoms with van der Waals surface area (Å²) in [4.78, 5) is 23.5. The van der Waals surface area contributed by atoms with Crippen molar-refractivity contribution in [1.29, 1.82) is 0 Å². The predicted octanol–water partition coefficient (Wildman–Crippen LogP) is 0.536. The first-order valence-corrected chi connectivity index (χ1v) is 6.98. The Bertz CT molecular complexity index is 638. The van der Waals surface area contributed by atoms with Crippen LogP contribution in [-0.4, -0.2) is 49.7 Å². The molecule has 2 aromatic heterocycles. The Labute approximate surface area is 124 Å². The van der Waals surface area contributed by atoms with E-state index in [0.717, 1.165) is 11.5 Å². The first-order chi connectivity index (χ1) is 10.2. The molecule has 0 aliphatic rings. The topological polar surface area (TPSA) is 109 Å². The van der Waals surface area contributed by atoms with Gasteiger partial charge in [0, 0.05) is 0 Å². The van der Waals surface area contributed by atoms with Crippen molar-refractivity contribution in [3.05, 3.63) is 11.9 Å². The molecule has 0 aliphatic carbocycles. The van der Waals surface area contributed by atoms with Crippen molar-refractivity contribution in [2.45, 2.75) is 20.4 Å². The Morgan fingerprint density at radius 1 is 1.24 bits per heavy atom. The third-order valence-corrected chi connectivity index (χ3v) is 3.07. The average Bonchev–Trinajstić information content (AvgIpc) is 3.07. The number of ether oxygens (including phenoxy) is 2. The molecule has 112 valence electrons. The highest BCUT2D eigenvalue weighted by atomic mass is 32.1. The molecule has 9 nitrogen and oxygen atoms in total. The lowest BCUT2D eigenvalue weighted by atomic mass is 10.3. The first kappa shape index (κ1) is 15.0. The monoisotopic (exact) mass is 311 g/mol. The molecule has 0 aromatic carbocycles. The maximum Gasteiger partial charge on any atom is 0.360 e. The van der Waals surface area contributed by atoms with E-state index in [1.54, 1.807) is 13.8 Å². The van der Waals surface area contributed by atoms with Crippen molar-refractivity contribution in [1.82, 2.24) is 24.6 Å². The largest absolute Gasteiger partial charge is 0.465 e. The predicted molar refractivity (Wildman–Crippen MR) is 71.5 cm³/mol. The summed E-state index contributed by atoms with van der Waals surface area (Å²) in [6, 6.07) is 0. The summed E-state index contributed by atoms with van der Waals surface area (Å²) >= 11 is 1.01. The highest BCUT2D eigenvalue weighted by Crippen LogP contribution is 2.24. The number of esters is 2. The van der Waals surface area contributed by atoms with Crippen LogP contribution in [0.5, 0.6) is 0 Å². The molecule has 0 fully saturated rings. The summed E-state index contributed by atoms with van der Waals surface area (Å²) in [7, 11) is 0. The molecule has 0 atom stereocenters. The molecule has 2 rings (SSSR count). The minimum absolute atomic E-state index is 0.0538. The number of hydrogen-bond acceptors (Lipinski definition) is 9. The normalized spacial score (nSPS) is 10.4. The zero-order valence-electron chi connectivity index (χ0n) is 11.5. The second-order valence-electron chi connectivity index (χ2n) is 3.78. The van der Waals surface area contributed by atoms with Gasteiger partial charge in [-0.25, -0.2) is 9.48 Å². The van der Waals surface area contributed by atoms with Crippen molar-refractivity contribution >= 4 is 23.5 Å². The van der Waals surface area contributed by atoms with E-state index in [9.17, 15) is 9.59 Å². The lowest BCUT2D eigenvalue weighted by molar-refractivity contribution is -0.144. The highest BCUT2D eigenvalue weighted by molar-refractivity contribution is 7.09.